The summed E-state index contributed by atoms with van der Waals surface area (Å²) in [7, 11) is 0. The summed E-state index contributed by atoms with van der Waals surface area (Å²) in [5.41, 5.74) is 1.18. The molecule has 0 fully saturated rings. The third-order valence-corrected chi connectivity index (χ3v) is 4.51. The van der Waals surface area contributed by atoms with Crippen molar-refractivity contribution in [3.63, 3.8) is 0 Å². The van der Waals surface area contributed by atoms with E-state index in [0.717, 1.165) is 5.56 Å². The highest BCUT2D eigenvalue weighted by atomic mass is 16.5. The number of benzene rings is 2. The summed E-state index contributed by atoms with van der Waals surface area (Å²) in [6, 6.07) is 19.1. The minimum absolute atomic E-state index is 0.0938. The Labute approximate surface area is 190 Å². The number of carbonyl (C=O) groups excluding carboxylic acids is 4. The second-order valence-corrected chi connectivity index (χ2v) is 7.00. The average Bonchev–Trinajstić information content (AvgIpc) is 3.36. The number of amides is 4. The summed E-state index contributed by atoms with van der Waals surface area (Å²) in [6.07, 6.45) is 1.63. The highest BCUT2D eigenvalue weighted by molar-refractivity contribution is 5.98. The zero-order chi connectivity index (χ0) is 23.5. The van der Waals surface area contributed by atoms with E-state index in [2.05, 4.69) is 16.0 Å². The molecule has 9 nitrogen and oxygen atoms in total. The number of esters is 1. The predicted octanol–water partition coefficient (Wildman–Crippen LogP) is 2.19. The van der Waals surface area contributed by atoms with Crippen LogP contribution >= 0.6 is 0 Å². The molecule has 33 heavy (non-hydrogen) atoms. The first-order chi connectivity index (χ1) is 16.0. The van der Waals surface area contributed by atoms with Crippen molar-refractivity contribution >= 4 is 23.8 Å². The molecule has 0 saturated carbocycles. The van der Waals surface area contributed by atoms with Gasteiger partial charge in [0.25, 0.3) is 11.8 Å². The van der Waals surface area contributed by atoms with Crippen molar-refractivity contribution in [2.45, 2.75) is 19.0 Å². The highest BCUT2D eigenvalue weighted by Crippen LogP contribution is 2.07. The molecule has 1 heterocycles. The van der Waals surface area contributed by atoms with Gasteiger partial charge in [-0.05, 0) is 29.8 Å². The van der Waals surface area contributed by atoms with E-state index in [0.29, 0.717) is 11.3 Å². The molecule has 1 aromatic heterocycles. The van der Waals surface area contributed by atoms with Crippen molar-refractivity contribution in [2.24, 2.45) is 0 Å². The van der Waals surface area contributed by atoms with Crippen LogP contribution in [-0.2, 0) is 27.3 Å². The van der Waals surface area contributed by atoms with Crippen LogP contribution in [0, 0.1) is 0 Å². The predicted molar refractivity (Wildman–Crippen MR) is 118 cm³/mol. The van der Waals surface area contributed by atoms with Crippen molar-refractivity contribution in [3.8, 4) is 0 Å². The number of nitrogens with one attached hydrogen (secondary N) is 3. The van der Waals surface area contributed by atoms with Crippen LogP contribution in [0.1, 0.15) is 21.7 Å². The number of urea groups is 1. The fourth-order valence-corrected chi connectivity index (χ4v) is 2.90. The topological polar surface area (TPSA) is 127 Å². The van der Waals surface area contributed by atoms with Gasteiger partial charge in [0.15, 0.2) is 6.61 Å². The molecule has 170 valence electrons. The molecule has 3 N–H and O–H groups in total. The van der Waals surface area contributed by atoms with Gasteiger partial charge in [-0.1, -0.05) is 48.5 Å². The van der Waals surface area contributed by atoms with E-state index in [4.69, 9.17) is 9.15 Å². The Bertz CT molecular complexity index is 1070. The van der Waals surface area contributed by atoms with Gasteiger partial charge >= 0.3 is 12.0 Å². The molecule has 0 aliphatic carbocycles. The molecular formula is C24H23N3O6. The lowest BCUT2D eigenvalue weighted by atomic mass is 10.1. The number of furan rings is 1. The molecular weight excluding hydrogens is 426 g/mol. The van der Waals surface area contributed by atoms with Crippen LogP contribution < -0.4 is 16.0 Å². The third-order valence-electron chi connectivity index (χ3n) is 4.51. The number of hydrogen-bond acceptors (Lipinski definition) is 6. The summed E-state index contributed by atoms with van der Waals surface area (Å²) >= 11 is 0. The maximum Gasteiger partial charge on any atom is 0.329 e. The summed E-state index contributed by atoms with van der Waals surface area (Å²) < 4.78 is 10.1. The number of imide groups is 1. The quantitative estimate of drug-likeness (QED) is 0.430. The molecule has 0 spiro atoms. The maximum atomic E-state index is 12.7. The van der Waals surface area contributed by atoms with Crippen molar-refractivity contribution in [1.82, 2.24) is 16.0 Å². The van der Waals surface area contributed by atoms with E-state index >= 15 is 0 Å². The second kappa shape index (κ2) is 11.8. The van der Waals surface area contributed by atoms with Gasteiger partial charge in [0.1, 0.15) is 11.8 Å². The lowest BCUT2D eigenvalue weighted by molar-refractivity contribution is -0.150. The van der Waals surface area contributed by atoms with E-state index in [1.54, 1.807) is 42.5 Å². The van der Waals surface area contributed by atoms with Gasteiger partial charge in [-0.15, -0.1) is 0 Å². The first kappa shape index (κ1) is 23.3. The number of carbonyl (C=O) groups is 4. The van der Waals surface area contributed by atoms with E-state index < -0.39 is 36.5 Å². The van der Waals surface area contributed by atoms with Gasteiger partial charge in [-0.3, -0.25) is 14.9 Å². The Morgan fingerprint density at radius 3 is 2.24 bits per heavy atom. The minimum Gasteiger partial charge on any atom is -0.467 e. The molecule has 0 aliphatic rings. The van der Waals surface area contributed by atoms with Gasteiger partial charge < -0.3 is 19.8 Å². The molecule has 0 aliphatic heterocycles. The molecule has 2 aromatic carbocycles. The van der Waals surface area contributed by atoms with Crippen molar-refractivity contribution in [1.29, 1.82) is 0 Å². The summed E-state index contributed by atoms with van der Waals surface area (Å²) in [5, 5.41) is 7.15. The maximum absolute atomic E-state index is 12.7. The molecule has 1 atom stereocenters. The standard InChI is InChI=1S/C24H23N3O6/c28-21(27-24(31)25-15-19-12-7-13-32-19)16-33-23(30)20(14-17-8-3-1-4-9-17)26-22(29)18-10-5-2-6-11-18/h1-13,20H,14-16H2,(H,26,29)(H2,25,27,28,31)/t20-/m1/s1. The van der Waals surface area contributed by atoms with Crippen LogP contribution in [0.25, 0.3) is 0 Å². The summed E-state index contributed by atoms with van der Waals surface area (Å²) in [6.45, 7) is -0.587. The van der Waals surface area contributed by atoms with Crippen LogP contribution in [0.4, 0.5) is 4.79 Å². The van der Waals surface area contributed by atoms with Gasteiger partial charge in [-0.2, -0.15) is 0 Å². The zero-order valence-electron chi connectivity index (χ0n) is 17.7. The lowest BCUT2D eigenvalue weighted by Gasteiger charge is -2.18. The molecule has 0 radical (unpaired) electrons. The zero-order valence-corrected chi connectivity index (χ0v) is 17.7. The Kier molecular flexibility index (Phi) is 8.35. The molecule has 3 aromatic rings. The minimum atomic E-state index is -1.03. The van der Waals surface area contributed by atoms with E-state index in [1.165, 1.54) is 6.26 Å². The van der Waals surface area contributed by atoms with Crippen LogP contribution in [0.3, 0.4) is 0 Å². The highest BCUT2D eigenvalue weighted by Gasteiger charge is 2.24. The Hall–Kier alpha value is -4.40. The van der Waals surface area contributed by atoms with Gasteiger partial charge in [0.2, 0.25) is 0 Å². The van der Waals surface area contributed by atoms with Crippen LogP contribution in [0.2, 0.25) is 0 Å². The molecule has 3 rings (SSSR count). The second-order valence-electron chi connectivity index (χ2n) is 7.00. The van der Waals surface area contributed by atoms with Crippen molar-refractivity contribution in [3.05, 3.63) is 95.9 Å². The summed E-state index contributed by atoms with van der Waals surface area (Å²) in [4.78, 5) is 49.0. The Balaban J connectivity index is 1.54. The lowest BCUT2D eigenvalue weighted by Crippen LogP contribution is -2.45. The molecule has 4 amide bonds. The third kappa shape index (κ3) is 7.66. The fraction of sp³-hybridized carbons (Fsp3) is 0.167. The molecule has 0 saturated heterocycles. The Morgan fingerprint density at radius 2 is 1.58 bits per heavy atom. The number of rotatable bonds is 9. The number of ether oxygens (including phenoxy) is 1. The normalized spacial score (nSPS) is 11.2. The average molecular weight is 449 g/mol. The molecule has 9 heteroatoms. The monoisotopic (exact) mass is 449 g/mol. The first-order valence-electron chi connectivity index (χ1n) is 10.2. The SMILES string of the molecule is O=C(COC(=O)[C@@H](Cc1ccccc1)NC(=O)c1ccccc1)NC(=O)NCc1ccco1. The van der Waals surface area contributed by atoms with Crippen molar-refractivity contribution in [2.75, 3.05) is 6.61 Å². The van der Waals surface area contributed by atoms with Gasteiger partial charge in [-0.25, -0.2) is 9.59 Å². The smallest absolute Gasteiger partial charge is 0.329 e. The van der Waals surface area contributed by atoms with E-state index in [1.807, 2.05) is 30.3 Å². The van der Waals surface area contributed by atoms with Crippen LogP contribution in [0.15, 0.2) is 83.5 Å². The van der Waals surface area contributed by atoms with Crippen LogP contribution in [-0.4, -0.2) is 36.5 Å². The van der Waals surface area contributed by atoms with E-state index in [-0.39, 0.29) is 13.0 Å². The molecule has 0 unspecified atom stereocenters. The van der Waals surface area contributed by atoms with Gasteiger partial charge in [0, 0.05) is 12.0 Å². The van der Waals surface area contributed by atoms with Crippen LogP contribution in [0.5, 0.6) is 0 Å². The number of hydrogen-bond donors (Lipinski definition) is 3. The first-order valence-corrected chi connectivity index (χ1v) is 10.2. The van der Waals surface area contributed by atoms with Gasteiger partial charge in [0.05, 0.1) is 12.8 Å². The van der Waals surface area contributed by atoms with E-state index in [9.17, 15) is 19.2 Å². The van der Waals surface area contributed by atoms with Crippen molar-refractivity contribution < 1.29 is 28.3 Å². The Morgan fingerprint density at radius 1 is 0.879 bits per heavy atom. The largest absolute Gasteiger partial charge is 0.467 e. The summed E-state index contributed by atoms with van der Waals surface area (Å²) in [5.74, 6) is -1.54. The molecule has 0 bridgehead atoms. The fourth-order valence-electron chi connectivity index (χ4n) is 2.90.